The van der Waals surface area contributed by atoms with Crippen molar-refractivity contribution in [1.29, 1.82) is 5.26 Å². The highest BCUT2D eigenvalue weighted by Crippen LogP contribution is 2.44. The number of carboxylic acid groups (broad SMARTS) is 1. The molecule has 3 aromatic rings. The molecule has 0 saturated heterocycles. The Morgan fingerprint density at radius 1 is 1.05 bits per heavy atom. The number of carbonyl (C=O) groups excluding carboxylic acids is 2. The SMILES string of the molecule is COC(=O)C1=C(C(=O)OC)N(c2cc(-n3cccn3)ccc2C(=O)O)C(N)=C(C#N)C1c1ccccc1. The molecule has 37 heavy (non-hydrogen) atoms. The lowest BCUT2D eigenvalue weighted by atomic mass is 9.80. The Morgan fingerprint density at radius 3 is 2.32 bits per heavy atom. The Kier molecular flexibility index (Phi) is 6.75. The van der Waals surface area contributed by atoms with Gasteiger partial charge in [0.05, 0.1) is 54.3 Å². The van der Waals surface area contributed by atoms with E-state index in [4.69, 9.17) is 15.2 Å². The average molecular weight is 499 g/mol. The number of hydrogen-bond acceptors (Lipinski definition) is 9. The number of aromatic nitrogens is 2. The topological polar surface area (TPSA) is 161 Å². The molecule has 4 rings (SSSR count). The van der Waals surface area contributed by atoms with E-state index in [2.05, 4.69) is 5.10 Å². The molecule has 0 spiro atoms. The second kappa shape index (κ2) is 10.1. The van der Waals surface area contributed by atoms with Gasteiger partial charge in [-0.05, 0) is 29.8 Å². The molecule has 3 N–H and O–H groups in total. The van der Waals surface area contributed by atoms with Crippen LogP contribution >= 0.6 is 0 Å². The predicted molar refractivity (Wildman–Crippen MR) is 130 cm³/mol. The van der Waals surface area contributed by atoms with E-state index in [0.717, 1.165) is 19.1 Å². The Hall–Kier alpha value is -5.37. The minimum absolute atomic E-state index is 0.0833. The summed E-state index contributed by atoms with van der Waals surface area (Å²) in [5, 5.41) is 24.3. The quantitative estimate of drug-likeness (QED) is 0.482. The summed E-state index contributed by atoms with van der Waals surface area (Å²) in [6.07, 6.45) is 3.17. The van der Waals surface area contributed by atoms with Crippen LogP contribution in [0.2, 0.25) is 0 Å². The maximum Gasteiger partial charge on any atom is 0.355 e. The van der Waals surface area contributed by atoms with Crippen LogP contribution in [0.3, 0.4) is 0 Å². The minimum atomic E-state index is -1.33. The standard InChI is InChI=1S/C26H21N5O6/c1-36-25(34)21-20(15-7-4-3-5-8-15)18(14-27)23(28)31(22(21)26(35)37-2)19-13-16(30-12-6-11-29-30)9-10-17(19)24(32)33/h3-13,20H,28H2,1-2H3,(H,32,33). The Morgan fingerprint density at radius 2 is 1.76 bits per heavy atom. The molecule has 0 amide bonds. The maximum absolute atomic E-state index is 13.2. The molecule has 1 aliphatic rings. The van der Waals surface area contributed by atoms with Gasteiger partial charge >= 0.3 is 17.9 Å². The van der Waals surface area contributed by atoms with E-state index in [9.17, 15) is 24.8 Å². The van der Waals surface area contributed by atoms with Crippen LogP contribution in [0.1, 0.15) is 21.8 Å². The fourth-order valence-corrected chi connectivity index (χ4v) is 4.21. The molecular formula is C26H21N5O6. The van der Waals surface area contributed by atoms with E-state index in [1.165, 1.54) is 29.1 Å². The van der Waals surface area contributed by atoms with Crippen molar-refractivity contribution >= 4 is 23.6 Å². The molecule has 11 heteroatoms. The molecule has 2 aromatic carbocycles. The molecule has 1 atom stereocenters. The number of nitrogens with zero attached hydrogens (tertiary/aromatic N) is 4. The second-order valence-electron chi connectivity index (χ2n) is 7.79. The molecular weight excluding hydrogens is 478 g/mol. The number of aromatic carboxylic acids is 1. The van der Waals surface area contributed by atoms with Crippen LogP contribution in [0.25, 0.3) is 5.69 Å². The summed E-state index contributed by atoms with van der Waals surface area (Å²) in [7, 11) is 2.24. The molecule has 1 aromatic heterocycles. The van der Waals surface area contributed by atoms with Gasteiger partial charge in [0.2, 0.25) is 0 Å². The summed E-state index contributed by atoms with van der Waals surface area (Å²) in [4.78, 5) is 39.7. The number of carboxylic acids is 1. The van der Waals surface area contributed by atoms with Crippen LogP contribution in [0.15, 0.2) is 89.7 Å². The summed E-state index contributed by atoms with van der Waals surface area (Å²) in [5.74, 6) is -4.56. The summed E-state index contributed by atoms with van der Waals surface area (Å²) in [5.41, 5.74) is 6.40. The number of nitriles is 1. The molecule has 0 bridgehead atoms. The van der Waals surface area contributed by atoms with Crippen molar-refractivity contribution in [1.82, 2.24) is 9.78 Å². The number of hydrogen-bond donors (Lipinski definition) is 2. The highest BCUT2D eigenvalue weighted by Gasteiger charge is 2.43. The van der Waals surface area contributed by atoms with Crippen molar-refractivity contribution in [3.63, 3.8) is 0 Å². The minimum Gasteiger partial charge on any atom is -0.478 e. The average Bonchev–Trinajstić information content (AvgIpc) is 3.46. The fourth-order valence-electron chi connectivity index (χ4n) is 4.21. The molecule has 186 valence electrons. The molecule has 11 nitrogen and oxygen atoms in total. The summed E-state index contributed by atoms with van der Waals surface area (Å²) < 4.78 is 11.5. The number of anilines is 1. The largest absolute Gasteiger partial charge is 0.478 e. The normalized spacial score (nSPS) is 15.3. The van der Waals surface area contributed by atoms with Crippen molar-refractivity contribution in [2.45, 2.75) is 5.92 Å². The highest BCUT2D eigenvalue weighted by molar-refractivity contribution is 6.08. The zero-order valence-corrected chi connectivity index (χ0v) is 19.8. The molecule has 0 fully saturated rings. The van der Waals surface area contributed by atoms with Gasteiger partial charge in [0.25, 0.3) is 0 Å². The van der Waals surface area contributed by atoms with Crippen LogP contribution in [0.4, 0.5) is 5.69 Å². The van der Waals surface area contributed by atoms with Gasteiger partial charge in [-0.2, -0.15) is 10.4 Å². The lowest BCUT2D eigenvalue weighted by molar-refractivity contribution is -0.139. The number of allylic oxidation sites excluding steroid dienone is 1. The van der Waals surface area contributed by atoms with Gasteiger partial charge < -0.3 is 20.3 Å². The van der Waals surface area contributed by atoms with Crippen molar-refractivity contribution in [3.05, 3.63) is 101 Å². The van der Waals surface area contributed by atoms with E-state index in [1.807, 2.05) is 6.07 Å². The number of carbonyl (C=O) groups is 3. The van der Waals surface area contributed by atoms with E-state index >= 15 is 0 Å². The third-order valence-electron chi connectivity index (χ3n) is 5.83. The smallest absolute Gasteiger partial charge is 0.355 e. The van der Waals surface area contributed by atoms with Gasteiger partial charge in [-0.25, -0.2) is 19.1 Å². The zero-order valence-electron chi connectivity index (χ0n) is 19.8. The first-order chi connectivity index (χ1) is 17.8. The Balaban J connectivity index is 2.12. The van der Waals surface area contributed by atoms with Crippen molar-refractivity contribution in [2.75, 3.05) is 19.1 Å². The number of methoxy groups -OCH3 is 2. The third-order valence-corrected chi connectivity index (χ3v) is 5.83. The van der Waals surface area contributed by atoms with Crippen LogP contribution < -0.4 is 10.6 Å². The molecule has 1 aliphatic heterocycles. The summed E-state index contributed by atoms with van der Waals surface area (Å²) >= 11 is 0. The zero-order chi connectivity index (χ0) is 26.7. The van der Waals surface area contributed by atoms with Crippen molar-refractivity contribution < 1.29 is 29.0 Å². The lowest BCUT2D eigenvalue weighted by Gasteiger charge is -2.36. The number of benzene rings is 2. The van der Waals surface area contributed by atoms with E-state index in [0.29, 0.717) is 11.3 Å². The lowest BCUT2D eigenvalue weighted by Crippen LogP contribution is -2.41. The number of ether oxygens (including phenoxy) is 2. The van der Waals surface area contributed by atoms with E-state index in [1.54, 1.807) is 42.6 Å². The van der Waals surface area contributed by atoms with E-state index < -0.39 is 23.8 Å². The van der Waals surface area contributed by atoms with Gasteiger partial charge in [0.1, 0.15) is 11.5 Å². The van der Waals surface area contributed by atoms with Gasteiger partial charge in [-0.15, -0.1) is 0 Å². The Bertz CT molecular complexity index is 1490. The second-order valence-corrected chi connectivity index (χ2v) is 7.79. The first-order valence-electron chi connectivity index (χ1n) is 10.9. The highest BCUT2D eigenvalue weighted by atomic mass is 16.5. The first-order valence-corrected chi connectivity index (χ1v) is 10.9. The molecule has 1 unspecified atom stereocenters. The van der Waals surface area contributed by atoms with Gasteiger partial charge in [-0.3, -0.25) is 4.90 Å². The fraction of sp³-hybridized carbons (Fsp3) is 0.115. The monoisotopic (exact) mass is 499 g/mol. The molecule has 2 heterocycles. The van der Waals surface area contributed by atoms with Crippen molar-refractivity contribution in [2.24, 2.45) is 5.73 Å². The third kappa shape index (κ3) is 4.28. The Labute approximate surface area is 211 Å². The summed E-state index contributed by atoms with van der Waals surface area (Å²) in [6, 6.07) is 16.5. The van der Waals surface area contributed by atoms with Crippen LogP contribution in [-0.2, 0) is 19.1 Å². The number of nitrogens with two attached hydrogens (primary N) is 1. The van der Waals surface area contributed by atoms with Gasteiger partial charge in [0, 0.05) is 12.4 Å². The van der Waals surface area contributed by atoms with Gasteiger partial charge in [-0.1, -0.05) is 30.3 Å². The summed E-state index contributed by atoms with van der Waals surface area (Å²) in [6.45, 7) is 0. The van der Waals surface area contributed by atoms with Crippen LogP contribution in [0, 0.1) is 11.3 Å². The van der Waals surface area contributed by atoms with E-state index in [-0.39, 0.29) is 33.9 Å². The molecule has 0 saturated carbocycles. The van der Waals surface area contributed by atoms with Gasteiger partial charge in [0.15, 0.2) is 0 Å². The number of rotatable bonds is 6. The van der Waals surface area contributed by atoms with Crippen LogP contribution in [0.5, 0.6) is 0 Å². The molecule has 0 radical (unpaired) electrons. The first kappa shape index (κ1) is 24.7. The maximum atomic E-state index is 13.2. The van der Waals surface area contributed by atoms with Crippen molar-refractivity contribution in [3.8, 4) is 11.8 Å². The number of esters is 2. The molecule has 0 aliphatic carbocycles. The predicted octanol–water partition coefficient (Wildman–Crippen LogP) is 2.47. The van der Waals surface area contributed by atoms with Crippen LogP contribution in [-0.4, -0.2) is 47.0 Å².